The Morgan fingerprint density at radius 3 is 1.53 bits per heavy atom. The van der Waals surface area contributed by atoms with Crippen LogP contribution in [-0.4, -0.2) is 0 Å². The molecule has 34 heavy (non-hydrogen) atoms. The van der Waals surface area contributed by atoms with Crippen LogP contribution in [0.3, 0.4) is 0 Å². The summed E-state index contributed by atoms with van der Waals surface area (Å²) >= 11 is 0. The second-order valence-electron chi connectivity index (χ2n) is 9.63. The number of hydrogen-bond acceptors (Lipinski definition) is 0. The smallest absolute Gasteiger partial charge is 0.000705 e. The van der Waals surface area contributed by atoms with Crippen molar-refractivity contribution in [3.8, 4) is 44.5 Å². The highest BCUT2D eigenvalue weighted by atomic mass is 14.3. The van der Waals surface area contributed by atoms with Gasteiger partial charge in [-0.2, -0.15) is 0 Å². The van der Waals surface area contributed by atoms with Gasteiger partial charge in [-0.1, -0.05) is 114 Å². The van der Waals surface area contributed by atoms with Crippen molar-refractivity contribution in [2.75, 3.05) is 0 Å². The maximum absolute atomic E-state index is 2.44. The van der Waals surface area contributed by atoms with Crippen molar-refractivity contribution >= 4 is 0 Å². The summed E-state index contributed by atoms with van der Waals surface area (Å²) in [4.78, 5) is 0. The molecule has 0 radical (unpaired) electrons. The van der Waals surface area contributed by atoms with Crippen LogP contribution >= 0.6 is 0 Å². The first kappa shape index (κ1) is 20.7. The van der Waals surface area contributed by atoms with Crippen LogP contribution in [0.15, 0.2) is 103 Å². The average Bonchev–Trinajstić information content (AvgIpc) is 3.23. The van der Waals surface area contributed by atoms with Crippen molar-refractivity contribution in [2.24, 2.45) is 0 Å². The van der Waals surface area contributed by atoms with Gasteiger partial charge >= 0.3 is 0 Å². The van der Waals surface area contributed by atoms with Gasteiger partial charge in [-0.3, -0.25) is 0 Å². The van der Waals surface area contributed by atoms with E-state index in [4.69, 9.17) is 0 Å². The predicted octanol–water partition coefficient (Wildman–Crippen LogP) is 9.18. The normalized spacial score (nSPS) is 11.9. The average molecular weight is 437 g/mol. The van der Waals surface area contributed by atoms with Crippen molar-refractivity contribution in [1.29, 1.82) is 0 Å². The number of fused-ring (bicyclic) bond motifs is 3. The molecule has 0 amide bonds. The van der Waals surface area contributed by atoms with Gasteiger partial charge in [0.2, 0.25) is 0 Å². The number of benzene rings is 5. The molecule has 0 aromatic heterocycles. The van der Waals surface area contributed by atoms with E-state index in [0.717, 1.165) is 6.42 Å². The molecule has 0 unspecified atom stereocenters. The Labute approximate surface area is 202 Å². The standard InChI is InChI=1S/C34H28/c1-22-8-14-25(15-9-22)30-21-31-29-7-5-4-6-28(29)20-32(31)34(27-18-12-24(3)13-19-27)33(30)26-16-10-23(2)11-17-26/h4-19,21H,20H2,1-3H3. The summed E-state index contributed by atoms with van der Waals surface area (Å²) in [6.07, 6.45) is 0.974. The minimum absolute atomic E-state index is 0.974. The molecule has 0 spiro atoms. The Bertz CT molecular complexity index is 1500. The van der Waals surface area contributed by atoms with Gasteiger partial charge in [-0.15, -0.1) is 0 Å². The van der Waals surface area contributed by atoms with E-state index in [1.54, 1.807) is 0 Å². The number of hydrogen-bond donors (Lipinski definition) is 0. The predicted molar refractivity (Wildman–Crippen MR) is 145 cm³/mol. The molecule has 0 aliphatic heterocycles. The summed E-state index contributed by atoms with van der Waals surface area (Å²) in [6, 6.07) is 38.4. The fraction of sp³-hybridized carbons (Fsp3) is 0.118. The minimum atomic E-state index is 0.974. The maximum atomic E-state index is 2.44. The lowest BCUT2D eigenvalue weighted by Crippen LogP contribution is -1.97. The van der Waals surface area contributed by atoms with Crippen LogP contribution in [0.4, 0.5) is 0 Å². The van der Waals surface area contributed by atoms with Gasteiger partial charge < -0.3 is 0 Å². The molecule has 0 heteroatoms. The Hall–Kier alpha value is -3.90. The van der Waals surface area contributed by atoms with Crippen molar-refractivity contribution in [2.45, 2.75) is 27.2 Å². The van der Waals surface area contributed by atoms with E-state index >= 15 is 0 Å². The fourth-order valence-electron chi connectivity index (χ4n) is 5.30. The lowest BCUT2D eigenvalue weighted by molar-refractivity contribution is 1.26. The van der Waals surface area contributed by atoms with Crippen molar-refractivity contribution < 1.29 is 0 Å². The number of rotatable bonds is 3. The molecule has 0 saturated carbocycles. The van der Waals surface area contributed by atoms with E-state index in [1.165, 1.54) is 72.3 Å². The molecule has 0 atom stereocenters. The molecule has 6 rings (SSSR count). The zero-order valence-corrected chi connectivity index (χ0v) is 20.0. The fourth-order valence-corrected chi connectivity index (χ4v) is 5.30. The molecule has 0 heterocycles. The zero-order chi connectivity index (χ0) is 23.2. The molecule has 0 nitrogen and oxygen atoms in total. The highest BCUT2D eigenvalue weighted by molar-refractivity contribution is 6.01. The Balaban J connectivity index is 1.75. The molecule has 5 aromatic carbocycles. The van der Waals surface area contributed by atoms with E-state index in [9.17, 15) is 0 Å². The lowest BCUT2D eigenvalue weighted by Gasteiger charge is -2.21. The molecule has 1 aliphatic carbocycles. The van der Waals surface area contributed by atoms with Gasteiger partial charge in [0.15, 0.2) is 0 Å². The van der Waals surface area contributed by atoms with Crippen LogP contribution < -0.4 is 0 Å². The molecule has 0 N–H and O–H groups in total. The zero-order valence-electron chi connectivity index (χ0n) is 20.0. The molecular formula is C34H28. The summed E-state index contributed by atoms with van der Waals surface area (Å²) in [5.74, 6) is 0. The third kappa shape index (κ3) is 3.47. The van der Waals surface area contributed by atoms with Crippen LogP contribution in [0.5, 0.6) is 0 Å². The second-order valence-corrected chi connectivity index (χ2v) is 9.63. The maximum Gasteiger partial charge on any atom is -0.000705 e. The van der Waals surface area contributed by atoms with Gasteiger partial charge in [-0.25, -0.2) is 0 Å². The summed E-state index contributed by atoms with van der Waals surface area (Å²) in [5, 5.41) is 0. The quantitative estimate of drug-likeness (QED) is 0.259. The van der Waals surface area contributed by atoms with Crippen molar-refractivity contribution in [3.63, 3.8) is 0 Å². The largest absolute Gasteiger partial charge is 0.0619 e. The SMILES string of the molecule is Cc1ccc(-c2cc3c(c(-c4ccc(C)cc4)c2-c2ccc(C)cc2)Cc2ccccc2-3)cc1. The van der Waals surface area contributed by atoms with Crippen LogP contribution in [0, 0.1) is 20.8 Å². The minimum Gasteiger partial charge on any atom is -0.0619 e. The van der Waals surface area contributed by atoms with Crippen LogP contribution in [-0.2, 0) is 6.42 Å². The molecular weight excluding hydrogens is 408 g/mol. The summed E-state index contributed by atoms with van der Waals surface area (Å²) < 4.78 is 0. The van der Waals surface area contributed by atoms with Crippen molar-refractivity contribution in [1.82, 2.24) is 0 Å². The summed E-state index contributed by atoms with van der Waals surface area (Å²) in [5.41, 5.74) is 17.3. The van der Waals surface area contributed by atoms with E-state index < -0.39 is 0 Å². The van der Waals surface area contributed by atoms with Gasteiger partial charge in [0.1, 0.15) is 0 Å². The Kier molecular flexibility index (Phi) is 4.96. The Morgan fingerprint density at radius 2 is 0.941 bits per heavy atom. The number of aryl methyl sites for hydroxylation is 3. The van der Waals surface area contributed by atoms with E-state index in [-0.39, 0.29) is 0 Å². The van der Waals surface area contributed by atoms with Gasteiger partial charge in [0.05, 0.1) is 0 Å². The van der Waals surface area contributed by atoms with Crippen molar-refractivity contribution in [3.05, 3.63) is 131 Å². The first-order valence-electron chi connectivity index (χ1n) is 12.1. The monoisotopic (exact) mass is 436 g/mol. The third-order valence-electron chi connectivity index (χ3n) is 7.15. The molecule has 5 aromatic rings. The topological polar surface area (TPSA) is 0 Å². The molecule has 0 bridgehead atoms. The highest BCUT2D eigenvalue weighted by Crippen LogP contribution is 2.50. The van der Waals surface area contributed by atoms with Gasteiger partial charge in [0.25, 0.3) is 0 Å². The lowest BCUT2D eigenvalue weighted by atomic mass is 9.82. The first-order valence-corrected chi connectivity index (χ1v) is 12.1. The summed E-state index contributed by atoms with van der Waals surface area (Å²) in [6.45, 7) is 6.47. The van der Waals surface area contributed by atoms with Crippen LogP contribution in [0.25, 0.3) is 44.5 Å². The highest BCUT2D eigenvalue weighted by Gasteiger charge is 2.27. The molecule has 0 saturated heterocycles. The molecule has 164 valence electrons. The second kappa shape index (κ2) is 8.15. The molecule has 0 fully saturated rings. The van der Waals surface area contributed by atoms with Gasteiger partial charge in [0, 0.05) is 0 Å². The van der Waals surface area contributed by atoms with Gasteiger partial charge in [-0.05, 0) is 88.9 Å². The molecule has 1 aliphatic rings. The summed E-state index contributed by atoms with van der Waals surface area (Å²) in [7, 11) is 0. The van der Waals surface area contributed by atoms with Crippen LogP contribution in [0.1, 0.15) is 27.8 Å². The van der Waals surface area contributed by atoms with E-state index in [0.29, 0.717) is 0 Å². The third-order valence-corrected chi connectivity index (χ3v) is 7.15. The van der Waals surface area contributed by atoms with E-state index in [2.05, 4.69) is 124 Å². The first-order chi connectivity index (χ1) is 16.6. The Morgan fingerprint density at radius 1 is 0.441 bits per heavy atom. The van der Waals surface area contributed by atoms with Crippen LogP contribution in [0.2, 0.25) is 0 Å². The van der Waals surface area contributed by atoms with E-state index in [1.807, 2.05) is 0 Å².